The molecule has 0 bridgehead atoms. The first-order chi connectivity index (χ1) is 10.4. The summed E-state index contributed by atoms with van der Waals surface area (Å²) in [6, 6.07) is 0. The van der Waals surface area contributed by atoms with Gasteiger partial charge in [-0.1, -0.05) is 13.3 Å². The minimum Gasteiger partial charge on any atom is -0.481 e. The third-order valence-electron chi connectivity index (χ3n) is 3.99. The van der Waals surface area contributed by atoms with Crippen molar-refractivity contribution in [1.82, 2.24) is 9.97 Å². The second-order valence-electron chi connectivity index (χ2n) is 5.76. The summed E-state index contributed by atoms with van der Waals surface area (Å²) < 4.78 is 0. The van der Waals surface area contributed by atoms with Gasteiger partial charge in [-0.3, -0.25) is 9.59 Å². The number of aromatic nitrogens is 2. The van der Waals surface area contributed by atoms with Gasteiger partial charge in [-0.15, -0.1) is 0 Å². The molecule has 2 N–H and O–H groups in total. The number of hydrogen-bond donors (Lipinski definition) is 2. The molecule has 120 valence electrons. The molecule has 0 radical (unpaired) electrons. The van der Waals surface area contributed by atoms with Crippen molar-refractivity contribution in [2.24, 2.45) is 17.8 Å². The molecule has 7 heteroatoms. The van der Waals surface area contributed by atoms with Gasteiger partial charge in [0.2, 0.25) is 5.95 Å². The minimum absolute atomic E-state index is 0.124. The highest BCUT2D eigenvalue weighted by atomic mass is 16.4. The first-order valence-electron chi connectivity index (χ1n) is 7.42. The number of carboxylic acid groups (broad SMARTS) is 2. The van der Waals surface area contributed by atoms with Gasteiger partial charge in [0, 0.05) is 32.4 Å². The molecule has 1 aliphatic heterocycles. The zero-order chi connectivity index (χ0) is 16.3. The van der Waals surface area contributed by atoms with Crippen LogP contribution < -0.4 is 4.90 Å². The number of hydrogen-bond acceptors (Lipinski definition) is 5. The highest BCUT2D eigenvalue weighted by Gasteiger charge is 2.60. The lowest BCUT2D eigenvalue weighted by Gasteiger charge is -2.18. The fraction of sp³-hybridized carbons (Fsp3) is 0.600. The summed E-state index contributed by atoms with van der Waals surface area (Å²) in [5, 5.41) is 16.4. The maximum absolute atomic E-state index is 10.9. The Balaban J connectivity index is 0.000000396. The van der Waals surface area contributed by atoms with Gasteiger partial charge >= 0.3 is 5.97 Å². The van der Waals surface area contributed by atoms with Crippen LogP contribution in [0.15, 0.2) is 12.4 Å². The highest BCUT2D eigenvalue weighted by molar-refractivity contribution is 5.75. The average Bonchev–Trinajstić information content (AvgIpc) is 2.96. The molecule has 1 saturated carbocycles. The quantitative estimate of drug-likeness (QED) is 0.863. The molecule has 2 fully saturated rings. The van der Waals surface area contributed by atoms with E-state index in [0.717, 1.165) is 44.4 Å². The molecule has 2 aliphatic rings. The van der Waals surface area contributed by atoms with E-state index in [9.17, 15) is 4.79 Å². The summed E-state index contributed by atoms with van der Waals surface area (Å²) in [6.07, 6.45) is 5.86. The summed E-state index contributed by atoms with van der Waals surface area (Å²) in [5.41, 5.74) is 1.16. The molecule has 0 amide bonds. The molecule has 1 saturated heterocycles. The molecule has 22 heavy (non-hydrogen) atoms. The van der Waals surface area contributed by atoms with Crippen molar-refractivity contribution in [2.45, 2.75) is 26.7 Å². The van der Waals surface area contributed by atoms with Crippen molar-refractivity contribution in [3.05, 3.63) is 18.0 Å². The number of aryl methyl sites for hydroxylation is 1. The highest BCUT2D eigenvalue weighted by Crippen LogP contribution is 2.52. The van der Waals surface area contributed by atoms with Gasteiger partial charge < -0.3 is 15.1 Å². The summed E-state index contributed by atoms with van der Waals surface area (Å²) in [7, 11) is 0. The Morgan fingerprint density at radius 3 is 2.14 bits per heavy atom. The Hall–Kier alpha value is -2.18. The number of piperidine rings is 1. The maximum Gasteiger partial charge on any atom is 0.307 e. The molecule has 3 atom stereocenters. The number of aliphatic carboxylic acids is 2. The van der Waals surface area contributed by atoms with Gasteiger partial charge in [0.1, 0.15) is 0 Å². The fourth-order valence-electron chi connectivity index (χ4n) is 2.99. The van der Waals surface area contributed by atoms with Crippen LogP contribution in [-0.4, -0.2) is 45.2 Å². The summed E-state index contributed by atoms with van der Waals surface area (Å²) in [4.78, 5) is 30.7. The maximum atomic E-state index is 10.9. The second-order valence-corrected chi connectivity index (χ2v) is 5.76. The Morgan fingerprint density at radius 2 is 1.73 bits per heavy atom. The van der Waals surface area contributed by atoms with E-state index in [1.807, 2.05) is 12.4 Å². The van der Waals surface area contributed by atoms with E-state index in [-0.39, 0.29) is 5.92 Å². The van der Waals surface area contributed by atoms with Crippen LogP contribution in [-0.2, 0) is 16.0 Å². The molecule has 1 aromatic rings. The normalized spacial score (nSPS) is 25.0. The zero-order valence-corrected chi connectivity index (χ0v) is 12.8. The predicted octanol–water partition coefficient (Wildman–Crippen LogP) is 1.29. The average molecular weight is 307 g/mol. The lowest BCUT2D eigenvalue weighted by Crippen LogP contribution is -2.27. The molecular weight excluding hydrogens is 286 g/mol. The smallest absolute Gasteiger partial charge is 0.307 e. The SMILES string of the molecule is CC(=O)O.CCCc1cnc(N2C[C@@H]3C(C(=O)O)[C@@H]3C2)nc1. The predicted molar refractivity (Wildman–Crippen MR) is 79.7 cm³/mol. The van der Waals surface area contributed by atoms with E-state index in [0.29, 0.717) is 11.8 Å². The van der Waals surface area contributed by atoms with Gasteiger partial charge in [0.15, 0.2) is 0 Å². The zero-order valence-electron chi connectivity index (χ0n) is 12.8. The van der Waals surface area contributed by atoms with Crippen molar-refractivity contribution >= 4 is 17.9 Å². The minimum atomic E-state index is -0.833. The fourth-order valence-corrected chi connectivity index (χ4v) is 2.99. The first kappa shape index (κ1) is 16.2. The van der Waals surface area contributed by atoms with Gasteiger partial charge in [0.05, 0.1) is 5.92 Å². The summed E-state index contributed by atoms with van der Waals surface area (Å²) in [5.74, 6) is -0.251. The largest absolute Gasteiger partial charge is 0.481 e. The molecule has 0 aromatic carbocycles. The third kappa shape index (κ3) is 3.72. The molecular formula is C15H21N3O4. The van der Waals surface area contributed by atoms with Gasteiger partial charge in [0.25, 0.3) is 5.97 Å². The standard InChI is InChI=1S/C13H17N3O2.C2H4O2/c1-2-3-8-4-14-13(15-5-8)16-6-9-10(7-16)11(9)12(17)18;1-2(3)4/h4-5,9-11H,2-3,6-7H2,1H3,(H,17,18);1H3,(H,3,4)/t9-,10+,11?;. The Kier molecular flexibility index (Phi) is 4.95. The van der Waals surface area contributed by atoms with Crippen LogP contribution in [0.1, 0.15) is 25.8 Å². The van der Waals surface area contributed by atoms with E-state index in [4.69, 9.17) is 15.0 Å². The molecule has 1 aliphatic carbocycles. The molecule has 2 heterocycles. The first-order valence-corrected chi connectivity index (χ1v) is 7.42. The van der Waals surface area contributed by atoms with E-state index < -0.39 is 11.9 Å². The number of anilines is 1. The topological polar surface area (TPSA) is 104 Å². The monoisotopic (exact) mass is 307 g/mol. The van der Waals surface area contributed by atoms with Crippen LogP contribution in [0.4, 0.5) is 5.95 Å². The van der Waals surface area contributed by atoms with Crippen molar-refractivity contribution in [1.29, 1.82) is 0 Å². The van der Waals surface area contributed by atoms with Crippen LogP contribution >= 0.6 is 0 Å². The van der Waals surface area contributed by atoms with E-state index in [1.165, 1.54) is 0 Å². The lowest BCUT2D eigenvalue weighted by molar-refractivity contribution is -0.139. The third-order valence-corrected chi connectivity index (χ3v) is 3.99. The number of nitrogens with zero attached hydrogens (tertiary/aromatic N) is 3. The molecule has 1 unspecified atom stereocenters. The summed E-state index contributed by atoms with van der Waals surface area (Å²) in [6.45, 7) is 4.79. The van der Waals surface area contributed by atoms with Crippen LogP contribution in [0.2, 0.25) is 0 Å². The van der Waals surface area contributed by atoms with Crippen molar-refractivity contribution in [2.75, 3.05) is 18.0 Å². The number of carboxylic acids is 2. The summed E-state index contributed by atoms with van der Waals surface area (Å²) >= 11 is 0. The number of rotatable bonds is 4. The van der Waals surface area contributed by atoms with Crippen LogP contribution in [0.25, 0.3) is 0 Å². The van der Waals surface area contributed by atoms with Crippen molar-refractivity contribution in [3.63, 3.8) is 0 Å². The number of fused-ring (bicyclic) bond motifs is 1. The Bertz CT molecular complexity index is 530. The van der Waals surface area contributed by atoms with Gasteiger partial charge in [-0.2, -0.15) is 0 Å². The van der Waals surface area contributed by atoms with Crippen LogP contribution in [0.5, 0.6) is 0 Å². The van der Waals surface area contributed by atoms with E-state index in [2.05, 4.69) is 21.8 Å². The molecule has 1 aromatic heterocycles. The van der Waals surface area contributed by atoms with Crippen LogP contribution in [0, 0.1) is 17.8 Å². The molecule has 0 spiro atoms. The van der Waals surface area contributed by atoms with Gasteiger partial charge in [-0.05, 0) is 23.8 Å². The Morgan fingerprint density at radius 1 is 1.23 bits per heavy atom. The molecule has 3 rings (SSSR count). The van der Waals surface area contributed by atoms with Crippen molar-refractivity contribution < 1.29 is 19.8 Å². The Labute approximate surface area is 129 Å². The van der Waals surface area contributed by atoms with E-state index >= 15 is 0 Å². The second kappa shape index (κ2) is 6.72. The van der Waals surface area contributed by atoms with Crippen LogP contribution in [0.3, 0.4) is 0 Å². The van der Waals surface area contributed by atoms with Crippen molar-refractivity contribution in [3.8, 4) is 0 Å². The van der Waals surface area contributed by atoms with Gasteiger partial charge in [-0.25, -0.2) is 9.97 Å². The lowest BCUT2D eigenvalue weighted by atomic mass is 10.2. The number of carbonyl (C=O) groups is 2. The molecule has 7 nitrogen and oxygen atoms in total. The van der Waals surface area contributed by atoms with E-state index in [1.54, 1.807) is 0 Å².